The van der Waals surface area contributed by atoms with Crippen molar-refractivity contribution in [1.82, 2.24) is 15.2 Å². The summed E-state index contributed by atoms with van der Waals surface area (Å²) in [6.07, 6.45) is 3.50. The zero-order chi connectivity index (χ0) is 13.4. The Bertz CT molecular complexity index is 482. The quantitative estimate of drug-likeness (QED) is 0.830. The standard InChI is InChI=1S/C14H20N4O/c1-9-7-10(8-13(15)16-9)14(19)17-11-4-6-18-5-2-3-12(11)18/h7-8,11-12H,2-6H2,1H3,(H2,15,16)(H,17,19). The van der Waals surface area contributed by atoms with E-state index in [1.807, 2.05) is 6.92 Å². The summed E-state index contributed by atoms with van der Waals surface area (Å²) in [5, 5.41) is 3.16. The van der Waals surface area contributed by atoms with Crippen LogP contribution in [-0.2, 0) is 0 Å². The van der Waals surface area contributed by atoms with E-state index in [0.717, 1.165) is 18.7 Å². The van der Waals surface area contributed by atoms with E-state index in [1.54, 1.807) is 12.1 Å². The number of carbonyl (C=O) groups is 1. The van der Waals surface area contributed by atoms with Gasteiger partial charge in [-0.15, -0.1) is 0 Å². The fraction of sp³-hybridized carbons (Fsp3) is 0.571. The van der Waals surface area contributed by atoms with Crippen LogP contribution in [0.4, 0.5) is 5.82 Å². The highest BCUT2D eigenvalue weighted by Gasteiger charge is 2.37. The van der Waals surface area contributed by atoms with Crippen molar-refractivity contribution in [1.29, 1.82) is 0 Å². The molecule has 0 aliphatic carbocycles. The van der Waals surface area contributed by atoms with E-state index in [4.69, 9.17) is 5.73 Å². The summed E-state index contributed by atoms with van der Waals surface area (Å²) >= 11 is 0. The Morgan fingerprint density at radius 3 is 3.05 bits per heavy atom. The van der Waals surface area contributed by atoms with Gasteiger partial charge >= 0.3 is 0 Å². The second-order valence-electron chi connectivity index (χ2n) is 5.54. The lowest BCUT2D eigenvalue weighted by Gasteiger charge is -2.21. The van der Waals surface area contributed by atoms with Crippen LogP contribution in [0, 0.1) is 6.92 Å². The van der Waals surface area contributed by atoms with Gasteiger partial charge in [0.1, 0.15) is 5.82 Å². The van der Waals surface area contributed by atoms with Gasteiger partial charge < -0.3 is 11.1 Å². The normalized spacial score (nSPS) is 26.4. The number of nitrogens with one attached hydrogen (secondary N) is 1. The number of nitrogens with zero attached hydrogens (tertiary/aromatic N) is 2. The second-order valence-corrected chi connectivity index (χ2v) is 5.54. The summed E-state index contributed by atoms with van der Waals surface area (Å²) < 4.78 is 0. The Morgan fingerprint density at radius 1 is 1.42 bits per heavy atom. The summed E-state index contributed by atoms with van der Waals surface area (Å²) in [5.74, 6) is 0.370. The van der Waals surface area contributed by atoms with Crippen LogP contribution in [0.5, 0.6) is 0 Å². The number of rotatable bonds is 2. The zero-order valence-electron chi connectivity index (χ0n) is 11.2. The molecule has 1 aromatic rings. The van der Waals surface area contributed by atoms with Gasteiger partial charge in [-0.2, -0.15) is 0 Å². The van der Waals surface area contributed by atoms with Crippen molar-refractivity contribution in [2.24, 2.45) is 0 Å². The molecular formula is C14H20N4O. The molecule has 3 rings (SSSR count). The molecule has 2 fully saturated rings. The van der Waals surface area contributed by atoms with E-state index in [-0.39, 0.29) is 11.9 Å². The van der Waals surface area contributed by atoms with Gasteiger partial charge in [-0.1, -0.05) is 0 Å². The van der Waals surface area contributed by atoms with Gasteiger partial charge in [0.15, 0.2) is 0 Å². The first-order valence-electron chi connectivity index (χ1n) is 6.92. The predicted octanol–water partition coefficient (Wildman–Crippen LogP) is 0.939. The lowest BCUT2D eigenvalue weighted by Crippen LogP contribution is -2.42. The zero-order valence-corrected chi connectivity index (χ0v) is 11.2. The van der Waals surface area contributed by atoms with Crippen molar-refractivity contribution >= 4 is 11.7 Å². The van der Waals surface area contributed by atoms with Crippen LogP contribution in [0.1, 0.15) is 35.3 Å². The summed E-state index contributed by atoms with van der Waals surface area (Å²) in [5.41, 5.74) is 7.08. The molecule has 2 unspecified atom stereocenters. The molecule has 2 aliphatic heterocycles. The average Bonchev–Trinajstić information content (AvgIpc) is 2.92. The van der Waals surface area contributed by atoms with Crippen molar-refractivity contribution in [3.8, 4) is 0 Å². The first kappa shape index (κ1) is 12.4. The van der Waals surface area contributed by atoms with Crippen LogP contribution >= 0.6 is 0 Å². The van der Waals surface area contributed by atoms with Gasteiger partial charge in [-0.3, -0.25) is 9.69 Å². The number of nitrogen functional groups attached to an aromatic ring is 1. The lowest BCUT2D eigenvalue weighted by molar-refractivity contribution is 0.0929. The molecule has 0 saturated carbocycles. The molecule has 1 aromatic heterocycles. The monoisotopic (exact) mass is 260 g/mol. The lowest BCUT2D eigenvalue weighted by atomic mass is 10.1. The van der Waals surface area contributed by atoms with Gasteiger partial charge in [0.05, 0.1) is 0 Å². The third kappa shape index (κ3) is 2.42. The highest BCUT2D eigenvalue weighted by Crippen LogP contribution is 2.28. The van der Waals surface area contributed by atoms with E-state index < -0.39 is 0 Å². The van der Waals surface area contributed by atoms with Crippen LogP contribution in [0.3, 0.4) is 0 Å². The fourth-order valence-electron chi connectivity index (χ4n) is 3.33. The van der Waals surface area contributed by atoms with E-state index in [9.17, 15) is 4.79 Å². The minimum Gasteiger partial charge on any atom is -0.384 e. The van der Waals surface area contributed by atoms with Crippen molar-refractivity contribution < 1.29 is 4.79 Å². The molecule has 102 valence electrons. The maximum atomic E-state index is 12.3. The molecule has 0 aromatic carbocycles. The van der Waals surface area contributed by atoms with Gasteiger partial charge in [-0.25, -0.2) is 4.98 Å². The van der Waals surface area contributed by atoms with E-state index in [1.165, 1.54) is 19.4 Å². The molecular weight excluding hydrogens is 240 g/mol. The number of hydrogen-bond acceptors (Lipinski definition) is 4. The number of carbonyl (C=O) groups excluding carboxylic acids is 1. The third-order valence-electron chi connectivity index (χ3n) is 4.16. The number of pyridine rings is 1. The molecule has 2 aliphatic rings. The highest BCUT2D eigenvalue weighted by molar-refractivity contribution is 5.95. The summed E-state index contributed by atoms with van der Waals surface area (Å²) in [4.78, 5) is 18.9. The number of hydrogen-bond donors (Lipinski definition) is 2. The van der Waals surface area contributed by atoms with E-state index in [2.05, 4.69) is 15.2 Å². The number of aromatic nitrogens is 1. The van der Waals surface area contributed by atoms with Crippen molar-refractivity contribution in [2.75, 3.05) is 18.8 Å². The Hall–Kier alpha value is -1.62. The Morgan fingerprint density at radius 2 is 2.26 bits per heavy atom. The fourth-order valence-corrected chi connectivity index (χ4v) is 3.33. The van der Waals surface area contributed by atoms with Gasteiger partial charge in [0, 0.05) is 29.9 Å². The number of aryl methyl sites for hydroxylation is 1. The van der Waals surface area contributed by atoms with Crippen LogP contribution in [0.25, 0.3) is 0 Å². The number of nitrogens with two attached hydrogens (primary N) is 1. The summed E-state index contributed by atoms with van der Waals surface area (Å²) in [6, 6.07) is 4.24. The minimum absolute atomic E-state index is 0.0315. The summed E-state index contributed by atoms with van der Waals surface area (Å²) in [6.45, 7) is 4.13. The van der Waals surface area contributed by atoms with Crippen LogP contribution < -0.4 is 11.1 Å². The molecule has 3 heterocycles. The minimum atomic E-state index is -0.0315. The van der Waals surface area contributed by atoms with Crippen LogP contribution in [0.15, 0.2) is 12.1 Å². The van der Waals surface area contributed by atoms with E-state index in [0.29, 0.717) is 17.4 Å². The Balaban J connectivity index is 1.71. The SMILES string of the molecule is Cc1cc(C(=O)NC2CCN3CCCC23)cc(N)n1. The number of anilines is 1. The topological polar surface area (TPSA) is 71.2 Å². The smallest absolute Gasteiger partial charge is 0.251 e. The summed E-state index contributed by atoms with van der Waals surface area (Å²) in [7, 11) is 0. The molecule has 5 nitrogen and oxygen atoms in total. The molecule has 0 spiro atoms. The van der Waals surface area contributed by atoms with Crippen molar-refractivity contribution in [3.05, 3.63) is 23.4 Å². The first-order chi connectivity index (χ1) is 9.13. The molecule has 0 radical (unpaired) electrons. The molecule has 3 N–H and O–H groups in total. The van der Waals surface area contributed by atoms with Crippen LogP contribution in [-0.4, -0.2) is 41.0 Å². The van der Waals surface area contributed by atoms with Gasteiger partial charge in [0.25, 0.3) is 5.91 Å². The molecule has 19 heavy (non-hydrogen) atoms. The first-order valence-corrected chi connectivity index (χ1v) is 6.92. The third-order valence-corrected chi connectivity index (χ3v) is 4.16. The average molecular weight is 260 g/mol. The Labute approximate surface area is 113 Å². The molecule has 5 heteroatoms. The highest BCUT2D eigenvalue weighted by atomic mass is 16.1. The molecule has 2 atom stereocenters. The maximum Gasteiger partial charge on any atom is 0.251 e. The largest absolute Gasteiger partial charge is 0.384 e. The Kier molecular flexibility index (Phi) is 3.14. The van der Waals surface area contributed by atoms with Gasteiger partial charge in [0.2, 0.25) is 0 Å². The number of amides is 1. The van der Waals surface area contributed by atoms with Crippen LogP contribution in [0.2, 0.25) is 0 Å². The maximum absolute atomic E-state index is 12.3. The molecule has 2 saturated heterocycles. The van der Waals surface area contributed by atoms with Crippen molar-refractivity contribution in [3.63, 3.8) is 0 Å². The van der Waals surface area contributed by atoms with Crippen molar-refractivity contribution in [2.45, 2.75) is 38.3 Å². The van der Waals surface area contributed by atoms with E-state index >= 15 is 0 Å². The van der Waals surface area contributed by atoms with Gasteiger partial charge in [-0.05, 0) is 44.9 Å². The molecule has 1 amide bonds. The predicted molar refractivity (Wildman–Crippen MR) is 73.9 cm³/mol. The number of fused-ring (bicyclic) bond motifs is 1. The molecule has 0 bridgehead atoms. The second kappa shape index (κ2) is 4.81.